The average molecular weight is 377 g/mol. The Morgan fingerprint density at radius 3 is 2.43 bits per heavy atom. The summed E-state index contributed by atoms with van der Waals surface area (Å²) >= 11 is 3.44. The summed E-state index contributed by atoms with van der Waals surface area (Å²) in [4.78, 5) is 16.6. The lowest BCUT2D eigenvalue weighted by atomic mass is 10.2. The predicted molar refractivity (Wildman–Crippen MR) is 90.8 cm³/mol. The molecule has 0 radical (unpaired) electrons. The summed E-state index contributed by atoms with van der Waals surface area (Å²) in [5.74, 6) is 1.35. The van der Waals surface area contributed by atoms with Crippen molar-refractivity contribution in [1.82, 2.24) is 15.1 Å². The summed E-state index contributed by atoms with van der Waals surface area (Å²) in [5.41, 5.74) is 0.699. The standard InChI is InChI=1S/C16H17BrN4O2/c1-23-15-7-6-14(18-19-15)20-8-10-21(11-9-20)16(22)12-4-2-3-5-13(12)17/h2-7H,8-11H2,1H3. The number of benzene rings is 1. The van der Waals surface area contributed by atoms with Gasteiger partial charge < -0.3 is 14.5 Å². The van der Waals surface area contributed by atoms with Crippen LogP contribution < -0.4 is 9.64 Å². The van der Waals surface area contributed by atoms with Crippen molar-refractivity contribution in [3.63, 3.8) is 0 Å². The maximum absolute atomic E-state index is 12.6. The van der Waals surface area contributed by atoms with Crippen LogP contribution in [0.25, 0.3) is 0 Å². The molecule has 23 heavy (non-hydrogen) atoms. The van der Waals surface area contributed by atoms with Gasteiger partial charge in [-0.25, -0.2) is 0 Å². The van der Waals surface area contributed by atoms with Crippen molar-refractivity contribution in [2.45, 2.75) is 0 Å². The first-order chi connectivity index (χ1) is 11.2. The van der Waals surface area contributed by atoms with Gasteiger partial charge in [0.25, 0.3) is 5.91 Å². The van der Waals surface area contributed by atoms with E-state index in [2.05, 4.69) is 31.0 Å². The van der Waals surface area contributed by atoms with E-state index >= 15 is 0 Å². The number of rotatable bonds is 3. The second-order valence-electron chi connectivity index (χ2n) is 5.19. The minimum atomic E-state index is 0.0536. The molecule has 0 N–H and O–H groups in total. The summed E-state index contributed by atoms with van der Waals surface area (Å²) in [5, 5.41) is 8.14. The summed E-state index contributed by atoms with van der Waals surface area (Å²) in [6, 6.07) is 11.2. The highest BCUT2D eigenvalue weighted by Gasteiger charge is 2.24. The van der Waals surface area contributed by atoms with Gasteiger partial charge in [-0.2, -0.15) is 0 Å². The number of hydrogen-bond donors (Lipinski definition) is 0. The summed E-state index contributed by atoms with van der Waals surface area (Å²) in [6.45, 7) is 2.79. The molecule has 0 aliphatic carbocycles. The minimum Gasteiger partial charge on any atom is -0.480 e. The predicted octanol–water partition coefficient (Wildman–Crippen LogP) is 2.21. The highest BCUT2D eigenvalue weighted by molar-refractivity contribution is 9.10. The monoisotopic (exact) mass is 376 g/mol. The van der Waals surface area contributed by atoms with Crippen LogP contribution in [0.1, 0.15) is 10.4 Å². The van der Waals surface area contributed by atoms with E-state index < -0.39 is 0 Å². The Hall–Kier alpha value is -2.15. The Morgan fingerprint density at radius 2 is 1.83 bits per heavy atom. The lowest BCUT2D eigenvalue weighted by molar-refractivity contribution is 0.0745. The number of carbonyl (C=O) groups excluding carboxylic acids is 1. The molecule has 0 saturated carbocycles. The number of ether oxygens (including phenoxy) is 1. The third kappa shape index (κ3) is 3.44. The number of carbonyl (C=O) groups is 1. The molecule has 0 spiro atoms. The molecule has 7 heteroatoms. The zero-order chi connectivity index (χ0) is 16.2. The quantitative estimate of drug-likeness (QED) is 0.821. The van der Waals surface area contributed by atoms with Gasteiger partial charge >= 0.3 is 0 Å². The minimum absolute atomic E-state index is 0.0536. The van der Waals surface area contributed by atoms with Gasteiger partial charge in [0.2, 0.25) is 5.88 Å². The van der Waals surface area contributed by atoms with Crippen molar-refractivity contribution in [1.29, 1.82) is 0 Å². The van der Waals surface area contributed by atoms with Crippen molar-refractivity contribution in [3.05, 3.63) is 46.4 Å². The van der Waals surface area contributed by atoms with Gasteiger partial charge in [-0.05, 0) is 34.1 Å². The Labute approximate surface area is 143 Å². The number of nitrogens with zero attached hydrogens (tertiary/aromatic N) is 4. The number of piperazine rings is 1. The number of hydrogen-bond acceptors (Lipinski definition) is 5. The first-order valence-corrected chi connectivity index (χ1v) is 8.15. The van der Waals surface area contributed by atoms with E-state index in [0.29, 0.717) is 24.5 Å². The van der Waals surface area contributed by atoms with E-state index in [9.17, 15) is 4.79 Å². The molecule has 0 unspecified atom stereocenters. The molecule has 1 aliphatic rings. The van der Waals surface area contributed by atoms with E-state index in [0.717, 1.165) is 23.4 Å². The number of methoxy groups -OCH3 is 1. The molecule has 1 aliphatic heterocycles. The molecular formula is C16H17BrN4O2. The van der Waals surface area contributed by atoms with Crippen LogP contribution in [-0.4, -0.2) is 54.3 Å². The van der Waals surface area contributed by atoms with Gasteiger partial charge in [0.15, 0.2) is 5.82 Å². The third-order valence-corrected chi connectivity index (χ3v) is 4.52. The van der Waals surface area contributed by atoms with Crippen LogP contribution in [0.3, 0.4) is 0 Å². The molecule has 120 valence electrons. The Kier molecular flexibility index (Phi) is 4.76. The highest BCUT2D eigenvalue weighted by Crippen LogP contribution is 2.20. The van der Waals surface area contributed by atoms with Gasteiger partial charge in [-0.1, -0.05) is 12.1 Å². The fraction of sp³-hybridized carbons (Fsp3) is 0.312. The zero-order valence-electron chi connectivity index (χ0n) is 12.8. The van der Waals surface area contributed by atoms with E-state index in [4.69, 9.17) is 4.74 Å². The van der Waals surface area contributed by atoms with Gasteiger partial charge in [0.05, 0.1) is 12.7 Å². The average Bonchev–Trinajstić information content (AvgIpc) is 2.62. The topological polar surface area (TPSA) is 58.6 Å². The highest BCUT2D eigenvalue weighted by atomic mass is 79.9. The van der Waals surface area contributed by atoms with Crippen LogP contribution in [0.5, 0.6) is 5.88 Å². The van der Waals surface area contributed by atoms with E-state index in [1.807, 2.05) is 35.2 Å². The van der Waals surface area contributed by atoms with Crippen molar-refractivity contribution < 1.29 is 9.53 Å². The normalized spacial score (nSPS) is 14.7. The Balaban J connectivity index is 1.64. The van der Waals surface area contributed by atoms with Gasteiger partial charge in [-0.15, -0.1) is 10.2 Å². The van der Waals surface area contributed by atoms with Gasteiger partial charge in [-0.3, -0.25) is 4.79 Å². The SMILES string of the molecule is COc1ccc(N2CCN(C(=O)c3ccccc3Br)CC2)nn1. The fourth-order valence-electron chi connectivity index (χ4n) is 2.53. The van der Waals surface area contributed by atoms with E-state index in [1.54, 1.807) is 13.2 Å². The Morgan fingerprint density at radius 1 is 1.09 bits per heavy atom. The molecule has 1 saturated heterocycles. The molecule has 1 aromatic carbocycles. The molecule has 2 aromatic rings. The lowest BCUT2D eigenvalue weighted by Gasteiger charge is -2.35. The van der Waals surface area contributed by atoms with Crippen LogP contribution >= 0.6 is 15.9 Å². The second kappa shape index (κ2) is 6.95. The number of aromatic nitrogens is 2. The lowest BCUT2D eigenvalue weighted by Crippen LogP contribution is -2.49. The number of anilines is 1. The van der Waals surface area contributed by atoms with Crippen LogP contribution in [0.15, 0.2) is 40.9 Å². The molecule has 6 nitrogen and oxygen atoms in total. The molecule has 2 heterocycles. The molecule has 3 rings (SSSR count). The van der Waals surface area contributed by atoms with E-state index in [-0.39, 0.29) is 5.91 Å². The second-order valence-corrected chi connectivity index (χ2v) is 6.05. The van der Waals surface area contributed by atoms with Crippen molar-refractivity contribution in [2.24, 2.45) is 0 Å². The zero-order valence-corrected chi connectivity index (χ0v) is 14.4. The summed E-state index contributed by atoms with van der Waals surface area (Å²) in [6.07, 6.45) is 0. The fourth-order valence-corrected chi connectivity index (χ4v) is 2.99. The molecular weight excluding hydrogens is 360 g/mol. The number of amides is 1. The van der Waals surface area contributed by atoms with E-state index in [1.165, 1.54) is 0 Å². The van der Waals surface area contributed by atoms with Gasteiger partial charge in [0, 0.05) is 36.7 Å². The summed E-state index contributed by atoms with van der Waals surface area (Å²) in [7, 11) is 1.57. The van der Waals surface area contributed by atoms with Crippen molar-refractivity contribution >= 4 is 27.7 Å². The molecule has 0 atom stereocenters. The molecule has 0 bridgehead atoms. The smallest absolute Gasteiger partial charge is 0.255 e. The van der Waals surface area contributed by atoms with Crippen LogP contribution in [-0.2, 0) is 0 Å². The summed E-state index contributed by atoms with van der Waals surface area (Å²) < 4.78 is 5.84. The maximum atomic E-state index is 12.6. The largest absolute Gasteiger partial charge is 0.480 e. The Bertz CT molecular complexity index is 685. The van der Waals surface area contributed by atoms with Crippen molar-refractivity contribution in [3.8, 4) is 5.88 Å². The van der Waals surface area contributed by atoms with Crippen molar-refractivity contribution in [2.75, 3.05) is 38.2 Å². The molecule has 1 fully saturated rings. The van der Waals surface area contributed by atoms with Gasteiger partial charge in [0.1, 0.15) is 0 Å². The molecule has 1 aromatic heterocycles. The first-order valence-electron chi connectivity index (χ1n) is 7.35. The van der Waals surface area contributed by atoms with Crippen LogP contribution in [0.4, 0.5) is 5.82 Å². The molecule has 1 amide bonds. The number of halogens is 1. The maximum Gasteiger partial charge on any atom is 0.255 e. The third-order valence-electron chi connectivity index (χ3n) is 3.83. The van der Waals surface area contributed by atoms with Crippen LogP contribution in [0.2, 0.25) is 0 Å². The van der Waals surface area contributed by atoms with Crippen LogP contribution in [0, 0.1) is 0 Å². The first kappa shape index (κ1) is 15.7.